The van der Waals surface area contributed by atoms with E-state index >= 15 is 0 Å². The molecule has 1 fully saturated rings. The minimum atomic E-state index is -0.602. The van der Waals surface area contributed by atoms with Gasteiger partial charge in [0.05, 0.1) is 11.5 Å². The van der Waals surface area contributed by atoms with Crippen molar-refractivity contribution in [2.75, 3.05) is 0 Å². The third-order valence-corrected chi connectivity index (χ3v) is 5.81. The number of nitrogens with zero attached hydrogens (tertiary/aromatic N) is 2. The molecular weight excluding hydrogens is 435 g/mol. The molecule has 0 spiro atoms. The third kappa shape index (κ3) is 5.64. The van der Waals surface area contributed by atoms with Crippen molar-refractivity contribution in [3.8, 4) is 33.9 Å². The Labute approximate surface area is 195 Å². The minimum Gasteiger partial charge on any atom is -0.481 e. The van der Waals surface area contributed by atoms with Crippen LogP contribution in [-0.2, 0) is 4.79 Å². The number of carboxylic acids is 1. The van der Waals surface area contributed by atoms with Gasteiger partial charge in [0.25, 0.3) is 0 Å². The summed E-state index contributed by atoms with van der Waals surface area (Å²) in [7, 11) is 0. The second kappa shape index (κ2) is 10.7. The fourth-order valence-corrected chi connectivity index (χ4v) is 3.92. The largest absolute Gasteiger partial charge is 0.481 e. The lowest BCUT2D eigenvalue weighted by Crippen LogP contribution is -2.16. The van der Waals surface area contributed by atoms with Crippen molar-refractivity contribution >= 4 is 5.97 Å². The standard InChI is InChI=1S/C19H13FN4O.C7H12O2/c20-16-10-13(14-7-9-17(25)21-11-14)6-8-15(16)19-22-18(23-24-19)12-4-2-1-3-5-12;8-7(9)6-4-2-1-3-5-6/h1-11H,(H,21,25)(H,22,23,24);6H,1-5H2,(H,8,9). The predicted molar refractivity (Wildman–Crippen MR) is 127 cm³/mol. The summed E-state index contributed by atoms with van der Waals surface area (Å²) in [5.74, 6) is -0.169. The van der Waals surface area contributed by atoms with Crippen LogP contribution in [0, 0.1) is 11.7 Å². The van der Waals surface area contributed by atoms with Gasteiger partial charge in [-0.15, -0.1) is 0 Å². The van der Waals surface area contributed by atoms with Gasteiger partial charge in [-0.2, -0.15) is 5.10 Å². The summed E-state index contributed by atoms with van der Waals surface area (Å²) in [5, 5.41) is 15.5. The second-order valence-corrected chi connectivity index (χ2v) is 8.18. The zero-order valence-corrected chi connectivity index (χ0v) is 18.5. The highest BCUT2D eigenvalue weighted by Crippen LogP contribution is 2.27. The summed E-state index contributed by atoms with van der Waals surface area (Å²) in [6, 6.07) is 17.4. The van der Waals surface area contributed by atoms with Crippen LogP contribution in [0.2, 0.25) is 0 Å². The molecule has 0 amide bonds. The molecule has 0 unspecified atom stereocenters. The Morgan fingerprint density at radius 3 is 2.29 bits per heavy atom. The van der Waals surface area contributed by atoms with Crippen LogP contribution in [0.3, 0.4) is 0 Å². The van der Waals surface area contributed by atoms with Gasteiger partial charge in [-0.05, 0) is 42.2 Å². The van der Waals surface area contributed by atoms with Crippen LogP contribution in [0.4, 0.5) is 4.39 Å². The van der Waals surface area contributed by atoms with Crippen LogP contribution in [0.1, 0.15) is 32.1 Å². The van der Waals surface area contributed by atoms with Gasteiger partial charge in [0.2, 0.25) is 5.56 Å². The Kier molecular flexibility index (Phi) is 7.27. The van der Waals surface area contributed by atoms with Gasteiger partial charge in [0, 0.05) is 17.8 Å². The van der Waals surface area contributed by atoms with Crippen molar-refractivity contribution in [3.63, 3.8) is 0 Å². The van der Waals surface area contributed by atoms with Gasteiger partial charge in [-0.1, -0.05) is 55.7 Å². The van der Waals surface area contributed by atoms with E-state index in [0.717, 1.165) is 36.8 Å². The van der Waals surface area contributed by atoms with Gasteiger partial charge in [-0.25, -0.2) is 9.37 Å². The maximum Gasteiger partial charge on any atom is 0.306 e. The first-order valence-corrected chi connectivity index (χ1v) is 11.2. The van der Waals surface area contributed by atoms with Crippen LogP contribution < -0.4 is 5.56 Å². The highest BCUT2D eigenvalue weighted by molar-refractivity contribution is 5.70. The SMILES string of the molecule is O=C(O)C1CCCCC1.O=c1ccc(-c2ccc(-c3nc(-c4ccccc4)n[nH]3)c(F)c2)c[nH]1. The fraction of sp³-hybridized carbons (Fsp3) is 0.231. The number of hydrogen-bond acceptors (Lipinski definition) is 4. The highest BCUT2D eigenvalue weighted by atomic mass is 19.1. The van der Waals surface area contributed by atoms with Crippen LogP contribution in [0.15, 0.2) is 71.7 Å². The number of halogens is 1. The Morgan fingerprint density at radius 2 is 1.68 bits per heavy atom. The van der Waals surface area contributed by atoms with Crippen molar-refractivity contribution in [2.24, 2.45) is 5.92 Å². The van der Waals surface area contributed by atoms with Gasteiger partial charge < -0.3 is 10.1 Å². The molecule has 2 aromatic heterocycles. The van der Waals surface area contributed by atoms with Crippen molar-refractivity contribution in [2.45, 2.75) is 32.1 Å². The van der Waals surface area contributed by atoms with Crippen LogP contribution in [0.5, 0.6) is 0 Å². The molecule has 0 bridgehead atoms. The molecule has 3 N–H and O–H groups in total. The predicted octanol–water partition coefficient (Wildman–Crippen LogP) is 5.28. The quantitative estimate of drug-likeness (QED) is 0.383. The number of aromatic amines is 2. The van der Waals surface area contributed by atoms with E-state index in [0.29, 0.717) is 22.8 Å². The lowest BCUT2D eigenvalue weighted by Gasteiger charge is -2.16. The molecule has 2 aromatic carbocycles. The minimum absolute atomic E-state index is 0.0289. The number of H-pyrrole nitrogens is 2. The summed E-state index contributed by atoms with van der Waals surface area (Å²) < 4.78 is 14.6. The average Bonchev–Trinajstić information content (AvgIpc) is 3.36. The molecule has 1 aliphatic rings. The zero-order valence-electron chi connectivity index (χ0n) is 18.5. The van der Waals surface area contributed by atoms with E-state index in [1.54, 1.807) is 24.4 Å². The molecule has 174 valence electrons. The molecular formula is C26H25FN4O3. The van der Waals surface area contributed by atoms with Crippen LogP contribution in [-0.4, -0.2) is 31.2 Å². The first kappa shape index (κ1) is 23.1. The molecule has 0 radical (unpaired) electrons. The highest BCUT2D eigenvalue weighted by Gasteiger charge is 2.19. The topological polar surface area (TPSA) is 112 Å². The van der Waals surface area contributed by atoms with Crippen molar-refractivity contribution < 1.29 is 14.3 Å². The molecule has 1 saturated carbocycles. The fourth-order valence-electron chi connectivity index (χ4n) is 3.92. The number of pyridine rings is 1. The van der Waals surface area contributed by atoms with E-state index in [1.165, 1.54) is 18.6 Å². The lowest BCUT2D eigenvalue weighted by molar-refractivity contribution is -0.142. The number of benzene rings is 2. The molecule has 0 atom stereocenters. The summed E-state index contributed by atoms with van der Waals surface area (Å²) in [5.41, 5.74) is 2.39. The van der Waals surface area contributed by atoms with E-state index in [1.807, 2.05) is 30.3 Å². The molecule has 5 rings (SSSR count). The monoisotopic (exact) mass is 460 g/mol. The third-order valence-electron chi connectivity index (χ3n) is 5.81. The van der Waals surface area contributed by atoms with Gasteiger partial charge in [-0.3, -0.25) is 14.7 Å². The van der Waals surface area contributed by atoms with Crippen molar-refractivity contribution in [1.82, 2.24) is 20.2 Å². The van der Waals surface area contributed by atoms with Crippen LogP contribution >= 0.6 is 0 Å². The molecule has 0 saturated heterocycles. The van der Waals surface area contributed by atoms with Gasteiger partial charge in [0.1, 0.15) is 5.82 Å². The zero-order chi connectivity index (χ0) is 23.9. The summed E-state index contributed by atoms with van der Waals surface area (Å²) in [6.07, 6.45) is 6.79. The van der Waals surface area contributed by atoms with E-state index < -0.39 is 11.8 Å². The van der Waals surface area contributed by atoms with E-state index in [-0.39, 0.29) is 11.5 Å². The Bertz CT molecular complexity index is 1290. The smallest absolute Gasteiger partial charge is 0.306 e. The molecule has 4 aromatic rings. The molecule has 0 aliphatic heterocycles. The molecule has 7 nitrogen and oxygen atoms in total. The van der Waals surface area contributed by atoms with Crippen LogP contribution in [0.25, 0.3) is 33.9 Å². The second-order valence-electron chi connectivity index (χ2n) is 8.18. The van der Waals surface area contributed by atoms with E-state index in [2.05, 4.69) is 20.2 Å². The maximum absolute atomic E-state index is 14.6. The molecule has 2 heterocycles. The average molecular weight is 461 g/mol. The lowest BCUT2D eigenvalue weighted by atomic mass is 9.90. The number of aliphatic carboxylic acids is 1. The Hall–Kier alpha value is -4.07. The van der Waals surface area contributed by atoms with Gasteiger partial charge >= 0.3 is 5.97 Å². The Morgan fingerprint density at radius 1 is 0.941 bits per heavy atom. The molecule has 34 heavy (non-hydrogen) atoms. The number of rotatable bonds is 4. The maximum atomic E-state index is 14.6. The number of carboxylic acid groups (broad SMARTS) is 1. The van der Waals surface area contributed by atoms with E-state index in [4.69, 9.17) is 5.11 Å². The van der Waals surface area contributed by atoms with Crippen molar-refractivity contribution in [3.05, 3.63) is 83.0 Å². The number of aromatic nitrogens is 4. The number of hydrogen-bond donors (Lipinski definition) is 3. The summed E-state index contributed by atoms with van der Waals surface area (Å²) in [6.45, 7) is 0. The molecule has 8 heteroatoms. The first-order chi connectivity index (χ1) is 16.5. The molecule has 1 aliphatic carbocycles. The summed E-state index contributed by atoms with van der Waals surface area (Å²) in [4.78, 5) is 28.4. The number of nitrogens with one attached hydrogen (secondary N) is 2. The normalized spacial score (nSPS) is 13.7. The van der Waals surface area contributed by atoms with E-state index in [9.17, 15) is 14.0 Å². The summed E-state index contributed by atoms with van der Waals surface area (Å²) >= 11 is 0. The first-order valence-electron chi connectivity index (χ1n) is 11.2. The number of carbonyl (C=O) groups is 1. The Balaban J connectivity index is 0.000000257. The van der Waals surface area contributed by atoms with Gasteiger partial charge in [0.15, 0.2) is 11.6 Å². The van der Waals surface area contributed by atoms with Crippen molar-refractivity contribution in [1.29, 1.82) is 0 Å².